The Morgan fingerprint density at radius 1 is 0.755 bits per heavy atom. The van der Waals surface area contributed by atoms with Crippen molar-refractivity contribution in [3.8, 4) is 23.7 Å². The van der Waals surface area contributed by atoms with Gasteiger partial charge in [-0.3, -0.25) is 9.59 Å². The highest BCUT2D eigenvalue weighted by molar-refractivity contribution is 5.87. The van der Waals surface area contributed by atoms with E-state index < -0.39 is 24.3 Å². The van der Waals surface area contributed by atoms with Crippen molar-refractivity contribution < 1.29 is 29.0 Å². The highest BCUT2D eigenvalue weighted by Crippen LogP contribution is 2.33. The molecule has 53 heavy (non-hydrogen) atoms. The van der Waals surface area contributed by atoms with Crippen molar-refractivity contribution in [3.05, 3.63) is 69.8 Å². The monoisotopic (exact) mass is 724 g/mol. The molecule has 2 saturated heterocycles. The maximum atomic E-state index is 13.5. The van der Waals surface area contributed by atoms with E-state index in [1.807, 2.05) is 65.8 Å². The number of alkyl carbamates (subject to hydrolysis) is 1. The van der Waals surface area contributed by atoms with Crippen LogP contribution in [0.5, 0.6) is 0 Å². The van der Waals surface area contributed by atoms with Crippen molar-refractivity contribution >= 4 is 24.0 Å². The van der Waals surface area contributed by atoms with Gasteiger partial charge < -0.3 is 40.2 Å². The molecule has 0 unspecified atom stereocenters. The number of aromatic amines is 2. The highest BCUT2D eigenvalue weighted by Gasteiger charge is 2.39. The summed E-state index contributed by atoms with van der Waals surface area (Å²) in [4.78, 5) is 69.6. The third-order valence-corrected chi connectivity index (χ3v) is 9.66. The predicted octanol–water partition coefficient (Wildman–Crippen LogP) is 4.55. The molecule has 0 spiro atoms. The zero-order valence-corrected chi connectivity index (χ0v) is 31.3. The number of methoxy groups -OCH3 is 1. The van der Waals surface area contributed by atoms with Gasteiger partial charge >= 0.3 is 12.2 Å². The average Bonchev–Trinajstić information content (AvgIpc) is 3.94. The van der Waals surface area contributed by atoms with Gasteiger partial charge in [0.15, 0.2) is 0 Å². The summed E-state index contributed by atoms with van der Waals surface area (Å²) in [6.07, 6.45) is 1.22. The van der Waals surface area contributed by atoms with E-state index in [-0.39, 0.29) is 35.7 Å². The molecule has 14 nitrogen and oxygen atoms in total. The molecule has 280 valence electrons. The van der Waals surface area contributed by atoms with Gasteiger partial charge in [0, 0.05) is 24.2 Å². The molecule has 0 aliphatic carbocycles. The molecule has 3 aromatic rings. The van der Waals surface area contributed by atoms with Crippen LogP contribution >= 0.6 is 0 Å². The summed E-state index contributed by atoms with van der Waals surface area (Å²) in [5.74, 6) is 13.3. The molecule has 0 radical (unpaired) electrons. The molecule has 14 heteroatoms. The van der Waals surface area contributed by atoms with Gasteiger partial charge in [-0.15, -0.1) is 0 Å². The van der Waals surface area contributed by atoms with Gasteiger partial charge in [-0.05, 0) is 87.5 Å². The molecule has 4 atom stereocenters. The number of benzene rings is 1. The molecule has 5 rings (SSSR count). The topological polar surface area (TPSA) is 186 Å². The van der Waals surface area contributed by atoms with Crippen molar-refractivity contribution in [1.29, 1.82) is 0 Å². The highest BCUT2D eigenvalue weighted by atomic mass is 16.5. The van der Waals surface area contributed by atoms with Crippen LogP contribution < -0.4 is 10.6 Å². The number of hydrogen-bond donors (Lipinski definition) is 5. The first-order chi connectivity index (χ1) is 25.3. The van der Waals surface area contributed by atoms with Gasteiger partial charge in [-0.1, -0.05) is 39.5 Å². The zero-order valence-electron chi connectivity index (χ0n) is 31.3. The molecule has 2 aromatic heterocycles. The largest absolute Gasteiger partial charge is 0.465 e. The number of carbonyl (C=O) groups excluding carboxylic acids is 3. The fourth-order valence-corrected chi connectivity index (χ4v) is 6.76. The quantitative estimate of drug-likeness (QED) is 0.210. The summed E-state index contributed by atoms with van der Waals surface area (Å²) < 4.78 is 4.73. The maximum absolute atomic E-state index is 13.5. The number of imidazole rings is 2. The van der Waals surface area contributed by atoms with E-state index in [1.54, 1.807) is 9.80 Å². The van der Waals surface area contributed by atoms with E-state index in [4.69, 9.17) is 14.7 Å². The number of rotatable bonds is 8. The van der Waals surface area contributed by atoms with Gasteiger partial charge in [0.25, 0.3) is 0 Å². The molecule has 1 aromatic carbocycles. The number of ether oxygens (including phenoxy) is 1. The van der Waals surface area contributed by atoms with Gasteiger partial charge in [0.05, 0.1) is 30.6 Å². The van der Waals surface area contributed by atoms with E-state index in [0.717, 1.165) is 48.2 Å². The van der Waals surface area contributed by atoms with Crippen molar-refractivity contribution in [1.82, 2.24) is 40.4 Å². The Morgan fingerprint density at radius 2 is 1.17 bits per heavy atom. The normalized spacial score (nSPS) is 17.8. The minimum absolute atomic E-state index is 0.121. The van der Waals surface area contributed by atoms with E-state index in [9.17, 15) is 24.3 Å². The molecular weight excluding hydrogens is 676 g/mol. The fourth-order valence-electron chi connectivity index (χ4n) is 6.76. The Hall–Kier alpha value is -5.76. The number of nitrogens with zero attached hydrogens (tertiary/aromatic N) is 4. The van der Waals surface area contributed by atoms with Crippen LogP contribution in [-0.2, 0) is 14.3 Å². The van der Waals surface area contributed by atoms with Crippen LogP contribution in [0, 0.1) is 49.4 Å². The first kappa shape index (κ1) is 38.5. The van der Waals surface area contributed by atoms with Gasteiger partial charge in [-0.25, -0.2) is 19.6 Å². The van der Waals surface area contributed by atoms with Crippen molar-refractivity contribution in [2.75, 3.05) is 20.2 Å². The number of aromatic nitrogens is 4. The second-order valence-corrected chi connectivity index (χ2v) is 14.2. The van der Waals surface area contributed by atoms with E-state index >= 15 is 0 Å². The van der Waals surface area contributed by atoms with Crippen molar-refractivity contribution in [2.45, 2.75) is 91.4 Å². The lowest BCUT2D eigenvalue weighted by Crippen LogP contribution is -2.51. The third kappa shape index (κ3) is 9.01. The third-order valence-electron chi connectivity index (χ3n) is 9.66. The first-order valence-electron chi connectivity index (χ1n) is 18.0. The fraction of sp³-hybridized carbons (Fsp3) is 0.487. The smallest absolute Gasteiger partial charge is 0.407 e. The minimum atomic E-state index is -1.23. The standard InChI is InChI=1S/C39H48N8O6/c1-22(2)32(44-38(50)51)36(48)46-20-8-10-30(46)34-40-24(5)28(42-34)18-16-26-12-14-27(15-13-26)17-19-29-25(6)41-35(43-29)31-11-9-21-47(31)37(49)33(23(3)4)45-39(52)53-7/h12-15,22-23,30-33,44H,8-11,20-21H2,1-7H3,(H,40,42)(H,41,43)(H,45,52)(H,50,51)/t30-,31-,32+,33-/m0/s1. The van der Waals surface area contributed by atoms with Crippen LogP contribution in [0.1, 0.15) is 111 Å². The number of nitrogens with one attached hydrogen (secondary N) is 4. The SMILES string of the molecule is COC(=O)N[C@H](C(=O)N1CCC[C@H]1c1nc(C)c(C#Cc2ccc(C#Cc3[nH]c([C@@H]4CCCN4C(=O)[C@H](NC(=O)O)C(C)C)nc3C)cc2)[nH]1)C(C)C. The molecule has 0 saturated carbocycles. The van der Waals surface area contributed by atoms with Gasteiger partial charge in [-0.2, -0.15) is 0 Å². The van der Waals surface area contributed by atoms with Crippen LogP contribution in [0.15, 0.2) is 24.3 Å². The zero-order chi connectivity index (χ0) is 38.4. The summed E-state index contributed by atoms with van der Waals surface area (Å²) in [5, 5.41) is 14.3. The van der Waals surface area contributed by atoms with Crippen molar-refractivity contribution in [3.63, 3.8) is 0 Å². The molecule has 2 aliphatic heterocycles. The van der Waals surface area contributed by atoms with E-state index in [2.05, 4.69) is 44.3 Å². The summed E-state index contributed by atoms with van der Waals surface area (Å²) in [5.41, 5.74) is 4.35. The predicted molar refractivity (Wildman–Crippen MR) is 196 cm³/mol. The summed E-state index contributed by atoms with van der Waals surface area (Å²) in [6.45, 7) is 12.2. The Labute approximate surface area is 309 Å². The van der Waals surface area contributed by atoms with Crippen LogP contribution in [0.2, 0.25) is 0 Å². The number of carboxylic acid groups (broad SMARTS) is 1. The second kappa shape index (κ2) is 16.7. The van der Waals surface area contributed by atoms with E-state index in [1.165, 1.54) is 7.11 Å². The van der Waals surface area contributed by atoms with Crippen LogP contribution in [-0.4, -0.2) is 91.1 Å². The first-order valence-corrected chi connectivity index (χ1v) is 18.0. The molecule has 5 N–H and O–H groups in total. The Morgan fingerprint density at radius 3 is 1.55 bits per heavy atom. The van der Waals surface area contributed by atoms with Gasteiger partial charge in [0.2, 0.25) is 11.8 Å². The maximum Gasteiger partial charge on any atom is 0.407 e. The summed E-state index contributed by atoms with van der Waals surface area (Å²) >= 11 is 0. The number of likely N-dealkylation sites (tertiary alicyclic amines) is 2. The van der Waals surface area contributed by atoms with Crippen molar-refractivity contribution in [2.24, 2.45) is 11.8 Å². The lowest BCUT2D eigenvalue weighted by Gasteiger charge is -2.29. The number of H-pyrrole nitrogens is 2. The lowest BCUT2D eigenvalue weighted by atomic mass is 10.0. The van der Waals surface area contributed by atoms with Gasteiger partial charge in [0.1, 0.15) is 35.1 Å². The number of carbonyl (C=O) groups is 4. The molecule has 2 aliphatic rings. The molecule has 2 fully saturated rings. The lowest BCUT2D eigenvalue weighted by molar-refractivity contribution is -0.136. The number of aryl methyl sites for hydroxylation is 2. The Balaban J connectivity index is 1.25. The van der Waals surface area contributed by atoms with E-state index in [0.29, 0.717) is 36.1 Å². The molecule has 4 amide bonds. The number of hydrogen-bond acceptors (Lipinski definition) is 7. The Bertz CT molecular complexity index is 1960. The Kier molecular flexibility index (Phi) is 12.1. The summed E-state index contributed by atoms with van der Waals surface area (Å²) in [7, 11) is 1.28. The number of amides is 4. The van der Waals surface area contributed by atoms with Crippen LogP contribution in [0.25, 0.3) is 0 Å². The molecular formula is C39H48N8O6. The minimum Gasteiger partial charge on any atom is -0.465 e. The molecule has 4 heterocycles. The van der Waals surface area contributed by atoms with Crippen LogP contribution in [0.4, 0.5) is 9.59 Å². The molecule has 0 bridgehead atoms. The second-order valence-electron chi connectivity index (χ2n) is 14.2. The van der Waals surface area contributed by atoms with Crippen LogP contribution in [0.3, 0.4) is 0 Å². The average molecular weight is 725 g/mol. The summed E-state index contributed by atoms with van der Waals surface area (Å²) in [6, 6.07) is 5.50.